The molecular weight excluding hydrogens is 252 g/mol. The van der Waals surface area contributed by atoms with Crippen LogP contribution in [-0.4, -0.2) is 56.2 Å². The van der Waals surface area contributed by atoms with E-state index in [4.69, 9.17) is 15.7 Å². The van der Waals surface area contributed by atoms with E-state index in [-0.39, 0.29) is 0 Å². The van der Waals surface area contributed by atoms with Gasteiger partial charge in [-0.3, -0.25) is 4.90 Å². The van der Waals surface area contributed by atoms with Gasteiger partial charge in [0.25, 0.3) is 0 Å². The topological polar surface area (TPSA) is 65.5 Å². The highest BCUT2D eigenvalue weighted by atomic mass is 16.5. The second-order valence-corrected chi connectivity index (χ2v) is 5.27. The van der Waals surface area contributed by atoms with E-state index in [2.05, 4.69) is 22.9 Å². The van der Waals surface area contributed by atoms with Crippen molar-refractivity contribution in [3.8, 4) is 11.8 Å². The van der Waals surface area contributed by atoms with E-state index in [1.807, 2.05) is 18.2 Å². The van der Waals surface area contributed by atoms with E-state index < -0.39 is 0 Å². The molecule has 5 nitrogen and oxygen atoms in total. The van der Waals surface area contributed by atoms with E-state index in [0.717, 1.165) is 31.7 Å². The molecule has 20 heavy (non-hydrogen) atoms. The molecule has 2 rings (SSSR count). The van der Waals surface area contributed by atoms with Crippen LogP contribution in [0.1, 0.15) is 11.1 Å². The van der Waals surface area contributed by atoms with Gasteiger partial charge in [0.1, 0.15) is 11.8 Å². The van der Waals surface area contributed by atoms with Gasteiger partial charge in [-0.25, -0.2) is 0 Å². The standard InChI is InChI=1S/C15H22N4O/c1-18-5-6-19(14(9-17)11-18)10-12-3-4-15(20-2)13(7-12)8-16/h3-4,7,14H,5-6,9-11,17H2,1-2H3. The quantitative estimate of drug-likeness (QED) is 0.873. The number of nitrogens with two attached hydrogens (primary N) is 1. The lowest BCUT2D eigenvalue weighted by molar-refractivity contribution is 0.0881. The number of hydrogen-bond donors (Lipinski definition) is 1. The monoisotopic (exact) mass is 274 g/mol. The molecule has 5 heteroatoms. The number of piperazine rings is 1. The molecule has 1 aromatic rings. The lowest BCUT2D eigenvalue weighted by Gasteiger charge is -2.39. The van der Waals surface area contributed by atoms with Gasteiger partial charge in [0.2, 0.25) is 0 Å². The van der Waals surface area contributed by atoms with Crippen molar-refractivity contribution >= 4 is 0 Å². The van der Waals surface area contributed by atoms with E-state index in [0.29, 0.717) is 23.9 Å². The molecule has 108 valence electrons. The SMILES string of the molecule is COc1ccc(CN2CCN(C)CC2CN)cc1C#N. The summed E-state index contributed by atoms with van der Waals surface area (Å²) >= 11 is 0. The molecular formula is C15H22N4O. The molecule has 1 fully saturated rings. The zero-order chi connectivity index (χ0) is 14.5. The molecule has 0 saturated carbocycles. The van der Waals surface area contributed by atoms with Crippen molar-refractivity contribution in [3.63, 3.8) is 0 Å². The van der Waals surface area contributed by atoms with Crippen LogP contribution in [0.2, 0.25) is 0 Å². The summed E-state index contributed by atoms with van der Waals surface area (Å²) in [5.74, 6) is 0.630. The molecule has 1 aliphatic heterocycles. The fourth-order valence-corrected chi connectivity index (χ4v) is 2.66. The van der Waals surface area contributed by atoms with Crippen molar-refractivity contribution in [2.24, 2.45) is 5.73 Å². The molecule has 0 aromatic heterocycles. The smallest absolute Gasteiger partial charge is 0.136 e. The highest BCUT2D eigenvalue weighted by Crippen LogP contribution is 2.21. The number of benzene rings is 1. The highest BCUT2D eigenvalue weighted by molar-refractivity contribution is 5.45. The van der Waals surface area contributed by atoms with Crippen molar-refractivity contribution in [2.75, 3.05) is 40.3 Å². The van der Waals surface area contributed by atoms with E-state index in [9.17, 15) is 0 Å². The number of nitrogens with zero attached hydrogens (tertiary/aromatic N) is 3. The fourth-order valence-electron chi connectivity index (χ4n) is 2.66. The maximum absolute atomic E-state index is 9.14. The minimum atomic E-state index is 0.376. The predicted octanol–water partition coefficient (Wildman–Crippen LogP) is 0.642. The molecule has 1 aliphatic rings. The van der Waals surface area contributed by atoms with Gasteiger partial charge in [0.15, 0.2) is 0 Å². The van der Waals surface area contributed by atoms with Gasteiger partial charge >= 0.3 is 0 Å². The molecule has 2 N–H and O–H groups in total. The van der Waals surface area contributed by atoms with Crippen molar-refractivity contribution in [1.82, 2.24) is 9.80 Å². The first-order valence-electron chi connectivity index (χ1n) is 6.87. The van der Waals surface area contributed by atoms with Crippen molar-refractivity contribution in [2.45, 2.75) is 12.6 Å². The Morgan fingerprint density at radius 2 is 2.25 bits per heavy atom. The van der Waals surface area contributed by atoms with Gasteiger partial charge < -0.3 is 15.4 Å². The van der Waals surface area contributed by atoms with E-state index in [1.54, 1.807) is 7.11 Å². The zero-order valence-electron chi connectivity index (χ0n) is 12.2. The summed E-state index contributed by atoms with van der Waals surface area (Å²) in [5.41, 5.74) is 7.59. The Labute approximate surface area is 120 Å². The number of ether oxygens (including phenoxy) is 1. The summed E-state index contributed by atoms with van der Waals surface area (Å²) in [6, 6.07) is 8.35. The summed E-state index contributed by atoms with van der Waals surface area (Å²) in [6.07, 6.45) is 0. The molecule has 1 unspecified atom stereocenters. The first-order valence-corrected chi connectivity index (χ1v) is 6.87. The predicted molar refractivity (Wildman–Crippen MR) is 78.5 cm³/mol. The lowest BCUT2D eigenvalue weighted by atomic mass is 10.1. The van der Waals surface area contributed by atoms with E-state index in [1.165, 1.54) is 0 Å². The number of methoxy groups -OCH3 is 1. The third-order valence-corrected chi connectivity index (χ3v) is 3.85. The molecule has 0 spiro atoms. The van der Waals surface area contributed by atoms with Gasteiger partial charge in [-0.1, -0.05) is 6.07 Å². The van der Waals surface area contributed by atoms with E-state index >= 15 is 0 Å². The maximum atomic E-state index is 9.14. The van der Waals surface area contributed by atoms with Crippen molar-refractivity contribution in [3.05, 3.63) is 29.3 Å². The number of likely N-dealkylation sites (N-methyl/N-ethyl adjacent to an activating group) is 1. The summed E-state index contributed by atoms with van der Waals surface area (Å²) in [7, 11) is 3.71. The highest BCUT2D eigenvalue weighted by Gasteiger charge is 2.24. The zero-order valence-corrected chi connectivity index (χ0v) is 12.2. The molecule has 1 atom stereocenters. The van der Waals surface area contributed by atoms with Crippen LogP contribution in [0, 0.1) is 11.3 Å². The Morgan fingerprint density at radius 1 is 1.45 bits per heavy atom. The van der Waals surface area contributed by atoms with Crippen LogP contribution >= 0.6 is 0 Å². The van der Waals surface area contributed by atoms with Crippen LogP contribution in [0.5, 0.6) is 5.75 Å². The van der Waals surface area contributed by atoms with Crippen LogP contribution in [0.15, 0.2) is 18.2 Å². The second-order valence-electron chi connectivity index (χ2n) is 5.27. The van der Waals surface area contributed by atoms with Gasteiger partial charge in [0, 0.05) is 38.8 Å². The summed E-state index contributed by atoms with van der Waals surface area (Å²) < 4.78 is 5.17. The van der Waals surface area contributed by atoms with Crippen LogP contribution < -0.4 is 10.5 Å². The Morgan fingerprint density at radius 3 is 2.90 bits per heavy atom. The molecule has 0 bridgehead atoms. The molecule has 1 aromatic carbocycles. The Bertz CT molecular complexity index is 497. The number of rotatable bonds is 4. The third-order valence-electron chi connectivity index (χ3n) is 3.85. The number of hydrogen-bond acceptors (Lipinski definition) is 5. The molecule has 0 aliphatic carbocycles. The van der Waals surface area contributed by atoms with Gasteiger partial charge in [-0.2, -0.15) is 5.26 Å². The maximum Gasteiger partial charge on any atom is 0.136 e. The van der Waals surface area contributed by atoms with Crippen molar-refractivity contribution in [1.29, 1.82) is 5.26 Å². The van der Waals surface area contributed by atoms with Crippen LogP contribution in [0.4, 0.5) is 0 Å². The Kier molecular flexibility index (Phi) is 4.96. The minimum Gasteiger partial charge on any atom is -0.495 e. The summed E-state index contributed by atoms with van der Waals surface area (Å²) in [6.45, 7) is 4.54. The summed E-state index contributed by atoms with van der Waals surface area (Å²) in [4.78, 5) is 4.70. The van der Waals surface area contributed by atoms with Crippen molar-refractivity contribution < 1.29 is 4.74 Å². The Balaban J connectivity index is 2.11. The average Bonchev–Trinajstić information content (AvgIpc) is 2.48. The molecule has 1 heterocycles. The second kappa shape index (κ2) is 6.71. The van der Waals surface area contributed by atoms with Gasteiger partial charge in [0.05, 0.1) is 12.7 Å². The van der Waals surface area contributed by atoms with Gasteiger partial charge in [-0.05, 0) is 24.7 Å². The summed E-state index contributed by atoms with van der Waals surface area (Å²) in [5, 5.41) is 9.14. The van der Waals surface area contributed by atoms with Crippen LogP contribution in [-0.2, 0) is 6.54 Å². The minimum absolute atomic E-state index is 0.376. The first kappa shape index (κ1) is 14.8. The first-order chi connectivity index (χ1) is 9.67. The fraction of sp³-hybridized carbons (Fsp3) is 0.533. The molecule has 0 amide bonds. The lowest BCUT2D eigenvalue weighted by Crippen LogP contribution is -2.54. The molecule has 1 saturated heterocycles. The molecule has 0 radical (unpaired) electrons. The average molecular weight is 274 g/mol. The largest absolute Gasteiger partial charge is 0.495 e. The van der Waals surface area contributed by atoms with Crippen LogP contribution in [0.25, 0.3) is 0 Å². The normalized spacial score (nSPS) is 20.6. The third kappa shape index (κ3) is 3.28. The Hall–Kier alpha value is -1.61. The van der Waals surface area contributed by atoms with Crippen LogP contribution in [0.3, 0.4) is 0 Å². The van der Waals surface area contributed by atoms with Gasteiger partial charge in [-0.15, -0.1) is 0 Å². The number of nitriles is 1.